The molecule has 2 aromatic rings. The van der Waals surface area contributed by atoms with Crippen LogP contribution in [0.1, 0.15) is 29.8 Å². The molecular formula is C16H20N2O2. The molecule has 0 radical (unpaired) electrons. The van der Waals surface area contributed by atoms with E-state index in [-0.39, 0.29) is 12.3 Å². The van der Waals surface area contributed by atoms with Crippen LogP contribution >= 0.6 is 0 Å². The van der Waals surface area contributed by atoms with E-state index in [1.54, 1.807) is 11.8 Å². The van der Waals surface area contributed by atoms with Gasteiger partial charge in [-0.2, -0.15) is 0 Å². The van der Waals surface area contributed by atoms with E-state index in [0.717, 1.165) is 16.9 Å². The van der Waals surface area contributed by atoms with Crippen LogP contribution in [-0.4, -0.2) is 17.4 Å². The number of carbonyl (C=O) groups is 1. The zero-order valence-electron chi connectivity index (χ0n) is 12.4. The fraction of sp³-hybridized carbons (Fsp3) is 0.375. The average Bonchev–Trinajstić information content (AvgIpc) is 2.68. The number of benzene rings is 1. The molecule has 0 spiro atoms. The molecule has 0 bridgehead atoms. The predicted octanol–water partition coefficient (Wildman–Crippen LogP) is 3.20. The summed E-state index contributed by atoms with van der Waals surface area (Å²) in [4.78, 5) is 18.4. The van der Waals surface area contributed by atoms with Crippen molar-refractivity contribution in [2.45, 2.75) is 34.1 Å². The number of aromatic nitrogens is 1. The summed E-state index contributed by atoms with van der Waals surface area (Å²) in [7, 11) is 0. The van der Waals surface area contributed by atoms with Crippen molar-refractivity contribution >= 4 is 11.6 Å². The monoisotopic (exact) mass is 272 g/mol. The second kappa shape index (κ2) is 5.90. The lowest BCUT2D eigenvalue weighted by molar-refractivity contribution is -0.118. The molecule has 0 aliphatic carbocycles. The Balaban J connectivity index is 2.19. The molecule has 0 aliphatic rings. The number of aryl methyl sites for hydroxylation is 3. The molecule has 4 nitrogen and oxygen atoms in total. The number of amides is 1. The summed E-state index contributed by atoms with van der Waals surface area (Å²) in [5.74, 6) is 1.28. The van der Waals surface area contributed by atoms with Crippen LogP contribution in [0.25, 0.3) is 0 Å². The minimum atomic E-state index is 0.0253. The fourth-order valence-electron chi connectivity index (χ4n) is 2.27. The molecule has 1 amide bonds. The van der Waals surface area contributed by atoms with Gasteiger partial charge in [-0.25, -0.2) is 4.98 Å². The van der Waals surface area contributed by atoms with Crippen LogP contribution in [0, 0.1) is 20.8 Å². The first-order valence-electron chi connectivity index (χ1n) is 6.81. The molecule has 1 aromatic heterocycles. The van der Waals surface area contributed by atoms with Crippen LogP contribution in [0.5, 0.6) is 0 Å². The van der Waals surface area contributed by atoms with Crippen LogP contribution in [-0.2, 0) is 11.2 Å². The molecule has 20 heavy (non-hydrogen) atoms. The lowest BCUT2D eigenvalue weighted by atomic mass is 10.2. The molecule has 0 fully saturated rings. The van der Waals surface area contributed by atoms with Gasteiger partial charge >= 0.3 is 0 Å². The Bertz CT molecular complexity index is 617. The highest BCUT2D eigenvalue weighted by Crippen LogP contribution is 2.18. The number of hydrogen-bond acceptors (Lipinski definition) is 3. The van der Waals surface area contributed by atoms with Gasteiger partial charge in [-0.3, -0.25) is 4.79 Å². The van der Waals surface area contributed by atoms with E-state index in [1.807, 2.05) is 45.0 Å². The second-order valence-electron chi connectivity index (χ2n) is 4.90. The Kier molecular flexibility index (Phi) is 4.23. The molecule has 0 atom stereocenters. The highest BCUT2D eigenvalue weighted by Gasteiger charge is 2.18. The predicted molar refractivity (Wildman–Crippen MR) is 78.9 cm³/mol. The first-order chi connectivity index (χ1) is 9.51. The number of carbonyl (C=O) groups excluding carboxylic acids is 1. The molecule has 1 aromatic carbocycles. The van der Waals surface area contributed by atoms with E-state index in [2.05, 4.69) is 4.98 Å². The summed E-state index contributed by atoms with van der Waals surface area (Å²) in [5.41, 5.74) is 2.85. The highest BCUT2D eigenvalue weighted by molar-refractivity contribution is 5.94. The summed E-state index contributed by atoms with van der Waals surface area (Å²) in [6.07, 6.45) is 0.244. The van der Waals surface area contributed by atoms with Crippen molar-refractivity contribution in [1.29, 1.82) is 0 Å². The van der Waals surface area contributed by atoms with Crippen LogP contribution < -0.4 is 4.90 Å². The normalized spacial score (nSPS) is 10.6. The molecule has 0 aliphatic heterocycles. The lowest BCUT2D eigenvalue weighted by Crippen LogP contribution is -2.32. The van der Waals surface area contributed by atoms with Crippen LogP contribution in [0.15, 0.2) is 28.7 Å². The SMILES string of the molecule is CCN(C(=O)Cc1oc(C)nc1C)c1cccc(C)c1. The first kappa shape index (κ1) is 14.3. The zero-order valence-corrected chi connectivity index (χ0v) is 12.4. The largest absolute Gasteiger partial charge is 0.445 e. The van der Waals surface area contributed by atoms with E-state index < -0.39 is 0 Å². The minimum absolute atomic E-state index is 0.0253. The molecule has 1 heterocycles. The lowest BCUT2D eigenvalue weighted by Gasteiger charge is -2.21. The smallest absolute Gasteiger partial charge is 0.234 e. The van der Waals surface area contributed by atoms with Crippen LogP contribution in [0.3, 0.4) is 0 Å². The Morgan fingerprint density at radius 2 is 2.05 bits per heavy atom. The molecule has 0 saturated heterocycles. The van der Waals surface area contributed by atoms with E-state index in [1.165, 1.54) is 0 Å². The van der Waals surface area contributed by atoms with Crippen LogP contribution in [0.2, 0.25) is 0 Å². The topological polar surface area (TPSA) is 46.3 Å². The van der Waals surface area contributed by atoms with Gasteiger partial charge in [0.1, 0.15) is 5.76 Å². The van der Waals surface area contributed by atoms with Gasteiger partial charge in [0.25, 0.3) is 0 Å². The number of hydrogen-bond donors (Lipinski definition) is 0. The fourth-order valence-corrected chi connectivity index (χ4v) is 2.27. The maximum atomic E-state index is 12.5. The standard InChI is InChI=1S/C16H20N2O2/c1-5-18(14-8-6-7-11(2)9-14)16(19)10-15-12(3)17-13(4)20-15/h6-9H,5,10H2,1-4H3. The van der Waals surface area contributed by atoms with Gasteiger partial charge in [0.05, 0.1) is 12.1 Å². The van der Waals surface area contributed by atoms with Crippen molar-refractivity contribution in [2.75, 3.05) is 11.4 Å². The Labute approximate surface area is 119 Å². The van der Waals surface area contributed by atoms with Gasteiger partial charge in [0.2, 0.25) is 5.91 Å². The number of anilines is 1. The van der Waals surface area contributed by atoms with Gasteiger partial charge in [0, 0.05) is 19.2 Å². The van der Waals surface area contributed by atoms with E-state index in [0.29, 0.717) is 18.2 Å². The van der Waals surface area contributed by atoms with Gasteiger partial charge in [-0.1, -0.05) is 12.1 Å². The third kappa shape index (κ3) is 3.07. The first-order valence-corrected chi connectivity index (χ1v) is 6.81. The molecule has 2 rings (SSSR count). The Morgan fingerprint density at radius 1 is 1.30 bits per heavy atom. The third-order valence-electron chi connectivity index (χ3n) is 3.24. The molecular weight excluding hydrogens is 252 g/mol. The van der Waals surface area contributed by atoms with Crippen molar-refractivity contribution in [1.82, 2.24) is 4.98 Å². The Morgan fingerprint density at radius 3 is 2.60 bits per heavy atom. The van der Waals surface area contributed by atoms with E-state index in [4.69, 9.17) is 4.42 Å². The van der Waals surface area contributed by atoms with Crippen molar-refractivity contribution in [2.24, 2.45) is 0 Å². The maximum Gasteiger partial charge on any atom is 0.234 e. The minimum Gasteiger partial charge on any atom is -0.445 e. The van der Waals surface area contributed by atoms with Crippen molar-refractivity contribution in [3.05, 3.63) is 47.2 Å². The number of rotatable bonds is 4. The number of nitrogens with zero attached hydrogens (tertiary/aromatic N) is 2. The summed E-state index contributed by atoms with van der Waals surface area (Å²) >= 11 is 0. The van der Waals surface area contributed by atoms with Crippen LogP contribution in [0.4, 0.5) is 5.69 Å². The molecule has 0 unspecified atom stereocenters. The van der Waals surface area contributed by atoms with Gasteiger partial charge < -0.3 is 9.32 Å². The van der Waals surface area contributed by atoms with Crippen molar-refractivity contribution in [3.8, 4) is 0 Å². The second-order valence-corrected chi connectivity index (χ2v) is 4.90. The van der Waals surface area contributed by atoms with Crippen molar-refractivity contribution in [3.63, 3.8) is 0 Å². The van der Waals surface area contributed by atoms with Gasteiger partial charge in [-0.05, 0) is 38.5 Å². The third-order valence-corrected chi connectivity index (χ3v) is 3.24. The Hall–Kier alpha value is -2.10. The summed E-state index contributed by atoms with van der Waals surface area (Å²) in [6, 6.07) is 7.95. The molecule has 106 valence electrons. The average molecular weight is 272 g/mol. The molecule has 0 saturated carbocycles. The quantitative estimate of drug-likeness (QED) is 0.858. The molecule has 0 N–H and O–H groups in total. The number of oxazole rings is 1. The maximum absolute atomic E-state index is 12.5. The molecule has 4 heteroatoms. The van der Waals surface area contributed by atoms with Gasteiger partial charge in [0.15, 0.2) is 5.89 Å². The van der Waals surface area contributed by atoms with E-state index >= 15 is 0 Å². The van der Waals surface area contributed by atoms with Gasteiger partial charge in [-0.15, -0.1) is 0 Å². The number of likely N-dealkylation sites (N-methyl/N-ethyl adjacent to an activating group) is 1. The van der Waals surface area contributed by atoms with Crippen molar-refractivity contribution < 1.29 is 9.21 Å². The zero-order chi connectivity index (χ0) is 14.7. The summed E-state index contributed by atoms with van der Waals surface area (Å²) in [6.45, 7) is 8.28. The summed E-state index contributed by atoms with van der Waals surface area (Å²) in [5, 5.41) is 0. The summed E-state index contributed by atoms with van der Waals surface area (Å²) < 4.78 is 5.48. The van der Waals surface area contributed by atoms with E-state index in [9.17, 15) is 4.79 Å². The highest BCUT2D eigenvalue weighted by atomic mass is 16.4.